The molecule has 0 amide bonds. The molecule has 1 atom stereocenters. The van der Waals surface area contributed by atoms with Crippen LogP contribution in [0.3, 0.4) is 0 Å². The van der Waals surface area contributed by atoms with Gasteiger partial charge in [-0.15, -0.1) is 0 Å². The van der Waals surface area contributed by atoms with Gasteiger partial charge in [-0.1, -0.05) is 23.7 Å². The summed E-state index contributed by atoms with van der Waals surface area (Å²) >= 11 is 6.10. The third-order valence-corrected chi connectivity index (χ3v) is 7.40. The van der Waals surface area contributed by atoms with E-state index in [1.165, 1.54) is 0 Å². The van der Waals surface area contributed by atoms with Crippen molar-refractivity contribution in [3.63, 3.8) is 0 Å². The number of aromatic nitrogens is 2. The lowest BCUT2D eigenvalue weighted by atomic mass is 10.0. The minimum absolute atomic E-state index is 0.106. The number of nitriles is 1. The average Bonchev–Trinajstić information content (AvgIpc) is 2.78. The van der Waals surface area contributed by atoms with Crippen LogP contribution < -0.4 is 10.2 Å². The standard InChI is InChI=1S/C24H24ClN5O2S/c1-15-4-7-22(18(10-15)12-26)30-9-8-21-19(13-30)24(28-14-27-21)29-16(2)17-5-6-20(25)23(11-17)33(3,31)32/h4-7,10-11,14,16H,8-9,13H2,1-3H3,(H,27,28,29). The zero-order valence-electron chi connectivity index (χ0n) is 18.6. The number of nitrogens with one attached hydrogen (secondary N) is 1. The van der Waals surface area contributed by atoms with Crippen LogP contribution in [0.5, 0.6) is 0 Å². The Labute approximate surface area is 199 Å². The predicted molar refractivity (Wildman–Crippen MR) is 129 cm³/mol. The highest BCUT2D eigenvalue weighted by Gasteiger charge is 2.24. The molecule has 0 saturated carbocycles. The van der Waals surface area contributed by atoms with E-state index in [2.05, 4.69) is 26.3 Å². The second-order valence-corrected chi connectivity index (χ2v) is 10.7. The number of sulfone groups is 1. The number of hydrogen-bond donors (Lipinski definition) is 1. The molecule has 1 aliphatic rings. The van der Waals surface area contributed by atoms with Gasteiger partial charge in [0.25, 0.3) is 0 Å². The second-order valence-electron chi connectivity index (χ2n) is 8.28. The Morgan fingerprint density at radius 1 is 1.21 bits per heavy atom. The maximum Gasteiger partial charge on any atom is 0.177 e. The first kappa shape index (κ1) is 23.0. The molecule has 1 aromatic heterocycles. The molecule has 0 spiro atoms. The third kappa shape index (κ3) is 4.80. The summed E-state index contributed by atoms with van der Waals surface area (Å²) in [5.41, 5.74) is 5.31. The fourth-order valence-corrected chi connectivity index (χ4v) is 5.36. The summed E-state index contributed by atoms with van der Waals surface area (Å²) in [6, 6.07) is 13.0. The quantitative estimate of drug-likeness (QED) is 0.574. The van der Waals surface area contributed by atoms with E-state index in [9.17, 15) is 13.7 Å². The lowest BCUT2D eigenvalue weighted by Crippen LogP contribution is -2.32. The maximum absolute atomic E-state index is 12.1. The first-order chi connectivity index (χ1) is 15.7. The summed E-state index contributed by atoms with van der Waals surface area (Å²) in [7, 11) is -3.44. The van der Waals surface area contributed by atoms with Crippen molar-refractivity contribution >= 4 is 32.9 Å². The van der Waals surface area contributed by atoms with E-state index in [0.717, 1.165) is 47.3 Å². The van der Waals surface area contributed by atoms with Crippen LogP contribution in [0.1, 0.15) is 40.9 Å². The third-order valence-electron chi connectivity index (χ3n) is 5.82. The highest BCUT2D eigenvalue weighted by Crippen LogP contribution is 2.32. The molecule has 170 valence electrons. The van der Waals surface area contributed by atoms with Gasteiger partial charge in [0.15, 0.2) is 9.84 Å². The Morgan fingerprint density at radius 3 is 2.73 bits per heavy atom. The highest BCUT2D eigenvalue weighted by molar-refractivity contribution is 7.90. The van der Waals surface area contributed by atoms with E-state index >= 15 is 0 Å². The average molecular weight is 482 g/mol. The smallest absolute Gasteiger partial charge is 0.177 e. The summed E-state index contributed by atoms with van der Waals surface area (Å²) in [6.07, 6.45) is 3.42. The molecule has 0 saturated heterocycles. The molecule has 0 radical (unpaired) electrons. The number of hydrogen-bond acceptors (Lipinski definition) is 7. The Morgan fingerprint density at radius 2 is 2.00 bits per heavy atom. The van der Waals surface area contributed by atoms with Crippen molar-refractivity contribution in [3.8, 4) is 6.07 Å². The number of rotatable bonds is 5. The molecule has 0 fully saturated rings. The zero-order chi connectivity index (χ0) is 23.8. The van der Waals surface area contributed by atoms with Crippen molar-refractivity contribution in [2.75, 3.05) is 23.0 Å². The normalized spacial score (nSPS) is 14.3. The molecule has 7 nitrogen and oxygen atoms in total. The SMILES string of the molecule is Cc1ccc(N2CCc3ncnc(NC(C)c4ccc(Cl)c(S(C)(=O)=O)c4)c3C2)c(C#N)c1. The summed E-state index contributed by atoms with van der Waals surface area (Å²) in [5, 5.41) is 13.2. The van der Waals surface area contributed by atoms with E-state index in [-0.39, 0.29) is 16.0 Å². The van der Waals surface area contributed by atoms with E-state index in [1.807, 2.05) is 32.0 Å². The number of fused-ring (bicyclic) bond motifs is 1. The van der Waals surface area contributed by atoms with Gasteiger partial charge in [-0.3, -0.25) is 0 Å². The van der Waals surface area contributed by atoms with Gasteiger partial charge in [0.1, 0.15) is 18.2 Å². The lowest BCUT2D eigenvalue weighted by molar-refractivity contribution is 0.601. The molecule has 1 unspecified atom stereocenters. The molecule has 0 aliphatic carbocycles. The van der Waals surface area contributed by atoms with Gasteiger partial charge >= 0.3 is 0 Å². The first-order valence-corrected chi connectivity index (χ1v) is 12.8. The minimum atomic E-state index is -3.44. The zero-order valence-corrected chi connectivity index (χ0v) is 20.2. The number of aryl methyl sites for hydroxylation is 1. The highest BCUT2D eigenvalue weighted by atomic mass is 35.5. The van der Waals surface area contributed by atoms with Crippen LogP contribution in [0, 0.1) is 18.3 Å². The fourth-order valence-electron chi connectivity index (χ4n) is 4.05. The van der Waals surface area contributed by atoms with Gasteiger partial charge in [0.05, 0.1) is 26.9 Å². The predicted octanol–water partition coefficient (Wildman–Crippen LogP) is 4.45. The number of nitrogens with zero attached hydrogens (tertiary/aromatic N) is 4. The van der Waals surface area contributed by atoms with Crippen LogP contribution in [-0.4, -0.2) is 31.2 Å². The van der Waals surface area contributed by atoms with Crippen LogP contribution in [0.4, 0.5) is 11.5 Å². The van der Waals surface area contributed by atoms with Crippen LogP contribution >= 0.6 is 11.6 Å². The van der Waals surface area contributed by atoms with Crippen molar-refractivity contribution in [2.45, 2.75) is 37.8 Å². The van der Waals surface area contributed by atoms with Gasteiger partial charge in [0.2, 0.25) is 0 Å². The Bertz CT molecular complexity index is 1370. The molecular formula is C24H24ClN5O2S. The molecular weight excluding hydrogens is 458 g/mol. The molecule has 4 rings (SSSR count). The summed E-state index contributed by atoms with van der Waals surface area (Å²) in [4.78, 5) is 11.2. The van der Waals surface area contributed by atoms with E-state index in [1.54, 1.807) is 24.5 Å². The molecule has 1 aliphatic heterocycles. The van der Waals surface area contributed by atoms with Crippen LogP contribution in [0.15, 0.2) is 47.6 Å². The van der Waals surface area contributed by atoms with Crippen molar-refractivity contribution in [2.24, 2.45) is 0 Å². The molecule has 2 aromatic carbocycles. The van der Waals surface area contributed by atoms with Crippen molar-refractivity contribution in [1.29, 1.82) is 5.26 Å². The van der Waals surface area contributed by atoms with E-state index in [4.69, 9.17) is 11.6 Å². The van der Waals surface area contributed by atoms with Gasteiger partial charge in [0, 0.05) is 37.4 Å². The first-order valence-electron chi connectivity index (χ1n) is 10.5. The Hall–Kier alpha value is -3.15. The molecule has 9 heteroatoms. The van der Waals surface area contributed by atoms with Crippen LogP contribution in [-0.2, 0) is 22.8 Å². The Balaban J connectivity index is 1.63. The second kappa shape index (κ2) is 9.00. The summed E-state index contributed by atoms with van der Waals surface area (Å²) < 4.78 is 24.1. The maximum atomic E-state index is 12.1. The van der Waals surface area contributed by atoms with E-state index < -0.39 is 9.84 Å². The monoisotopic (exact) mass is 481 g/mol. The van der Waals surface area contributed by atoms with Crippen molar-refractivity contribution in [3.05, 3.63) is 75.7 Å². The topological polar surface area (TPSA) is 99.0 Å². The largest absolute Gasteiger partial charge is 0.366 e. The van der Waals surface area contributed by atoms with Crippen LogP contribution in [0.2, 0.25) is 5.02 Å². The van der Waals surface area contributed by atoms with Gasteiger partial charge in [-0.2, -0.15) is 5.26 Å². The number of anilines is 2. The Kier molecular flexibility index (Phi) is 6.28. The van der Waals surface area contributed by atoms with Gasteiger partial charge in [-0.05, 0) is 49.2 Å². The molecule has 3 aromatic rings. The molecule has 2 heterocycles. The molecule has 0 bridgehead atoms. The molecule has 1 N–H and O–H groups in total. The fraction of sp³-hybridized carbons (Fsp3) is 0.292. The van der Waals surface area contributed by atoms with E-state index in [0.29, 0.717) is 17.9 Å². The van der Waals surface area contributed by atoms with Crippen LogP contribution in [0.25, 0.3) is 0 Å². The summed E-state index contributed by atoms with van der Waals surface area (Å²) in [6.45, 7) is 5.24. The minimum Gasteiger partial charge on any atom is -0.366 e. The number of benzene rings is 2. The van der Waals surface area contributed by atoms with Crippen molar-refractivity contribution < 1.29 is 8.42 Å². The van der Waals surface area contributed by atoms with Gasteiger partial charge in [-0.25, -0.2) is 18.4 Å². The van der Waals surface area contributed by atoms with Gasteiger partial charge < -0.3 is 10.2 Å². The number of halogens is 1. The van der Waals surface area contributed by atoms with Crippen molar-refractivity contribution in [1.82, 2.24) is 9.97 Å². The lowest BCUT2D eigenvalue weighted by Gasteiger charge is -2.32. The molecule has 33 heavy (non-hydrogen) atoms. The summed E-state index contributed by atoms with van der Waals surface area (Å²) in [5.74, 6) is 0.693.